The van der Waals surface area contributed by atoms with Crippen LogP contribution in [0.5, 0.6) is 0 Å². The summed E-state index contributed by atoms with van der Waals surface area (Å²) < 4.78 is 7.52. The van der Waals surface area contributed by atoms with Crippen LogP contribution in [0.25, 0.3) is 5.69 Å². The molecule has 1 aromatic carbocycles. The molecule has 7 heteroatoms. The number of benzene rings is 1. The Bertz CT molecular complexity index is 769. The summed E-state index contributed by atoms with van der Waals surface area (Å²) in [6.07, 6.45) is 1.55. The van der Waals surface area contributed by atoms with Crippen LogP contribution < -0.4 is 0 Å². The third-order valence-electron chi connectivity index (χ3n) is 3.53. The quantitative estimate of drug-likeness (QED) is 0.768. The van der Waals surface area contributed by atoms with Crippen LogP contribution >= 0.6 is 15.9 Å². The number of carbonyl (C=O) groups is 2. The number of imidazole rings is 1. The standard InChI is InChI=1S/C15H14BrN3O3/c1-3-22-15(21)13-11-7-18(2)14(20)12-9(16)5-4-6-10(12)19(11)8-17-13/h4-6,8H,3,7H2,1-2H3. The smallest absolute Gasteiger partial charge is 0.358 e. The Hall–Kier alpha value is -2.15. The van der Waals surface area contributed by atoms with Gasteiger partial charge in [0.15, 0.2) is 5.69 Å². The Kier molecular flexibility index (Phi) is 3.74. The summed E-state index contributed by atoms with van der Waals surface area (Å²) in [4.78, 5) is 30.4. The average Bonchev–Trinajstić information content (AvgIpc) is 2.85. The van der Waals surface area contributed by atoms with E-state index in [0.717, 1.165) is 0 Å². The van der Waals surface area contributed by atoms with E-state index in [1.807, 2.05) is 18.2 Å². The molecular weight excluding hydrogens is 350 g/mol. The highest BCUT2D eigenvalue weighted by Crippen LogP contribution is 2.30. The summed E-state index contributed by atoms with van der Waals surface area (Å²) in [6, 6.07) is 5.49. The lowest BCUT2D eigenvalue weighted by atomic mass is 10.1. The van der Waals surface area contributed by atoms with E-state index < -0.39 is 5.97 Å². The Morgan fingerprint density at radius 1 is 1.45 bits per heavy atom. The number of nitrogens with zero attached hydrogens (tertiary/aromatic N) is 3. The van der Waals surface area contributed by atoms with E-state index in [-0.39, 0.29) is 24.8 Å². The zero-order valence-corrected chi connectivity index (χ0v) is 13.8. The Morgan fingerprint density at radius 3 is 2.95 bits per heavy atom. The molecule has 0 radical (unpaired) electrons. The van der Waals surface area contributed by atoms with Crippen molar-refractivity contribution in [3.05, 3.63) is 46.0 Å². The SMILES string of the molecule is CCOC(=O)c1ncn2c1CN(C)C(=O)c1c(Br)cccc1-2. The predicted octanol–water partition coefficient (Wildman–Crippen LogP) is 2.40. The highest BCUT2D eigenvalue weighted by molar-refractivity contribution is 9.10. The number of esters is 1. The normalized spacial score (nSPS) is 13.4. The Labute approximate surface area is 135 Å². The second-order valence-corrected chi connectivity index (χ2v) is 5.78. The monoisotopic (exact) mass is 363 g/mol. The first-order chi connectivity index (χ1) is 10.5. The van der Waals surface area contributed by atoms with Crippen molar-refractivity contribution >= 4 is 27.8 Å². The molecule has 6 nitrogen and oxygen atoms in total. The van der Waals surface area contributed by atoms with Gasteiger partial charge < -0.3 is 9.64 Å². The van der Waals surface area contributed by atoms with Gasteiger partial charge >= 0.3 is 5.97 Å². The minimum absolute atomic E-state index is 0.110. The highest BCUT2D eigenvalue weighted by Gasteiger charge is 2.29. The zero-order chi connectivity index (χ0) is 15.9. The average molecular weight is 364 g/mol. The van der Waals surface area contributed by atoms with Gasteiger partial charge in [-0.15, -0.1) is 0 Å². The van der Waals surface area contributed by atoms with Gasteiger partial charge in [0.25, 0.3) is 5.91 Å². The van der Waals surface area contributed by atoms with Crippen molar-refractivity contribution in [2.24, 2.45) is 0 Å². The van der Waals surface area contributed by atoms with Gasteiger partial charge in [0.1, 0.15) is 6.33 Å². The summed E-state index contributed by atoms with van der Waals surface area (Å²) in [6.45, 7) is 2.31. The topological polar surface area (TPSA) is 64.4 Å². The molecule has 2 aromatic rings. The number of rotatable bonds is 2. The van der Waals surface area contributed by atoms with Crippen molar-refractivity contribution in [1.82, 2.24) is 14.5 Å². The second-order valence-electron chi connectivity index (χ2n) is 4.93. The number of amides is 1. The highest BCUT2D eigenvalue weighted by atomic mass is 79.9. The van der Waals surface area contributed by atoms with E-state index in [1.54, 1.807) is 29.8 Å². The van der Waals surface area contributed by atoms with Gasteiger partial charge in [0, 0.05) is 11.5 Å². The molecule has 3 rings (SSSR count). The molecule has 1 amide bonds. The maximum atomic E-state index is 12.6. The maximum absolute atomic E-state index is 12.6. The molecule has 1 aromatic heterocycles. The predicted molar refractivity (Wildman–Crippen MR) is 83.0 cm³/mol. The first-order valence-corrected chi connectivity index (χ1v) is 7.61. The third-order valence-corrected chi connectivity index (χ3v) is 4.19. The molecule has 0 aliphatic carbocycles. The van der Waals surface area contributed by atoms with Crippen LogP contribution in [-0.4, -0.2) is 40.0 Å². The lowest BCUT2D eigenvalue weighted by Crippen LogP contribution is -2.26. The minimum atomic E-state index is -0.476. The van der Waals surface area contributed by atoms with E-state index in [4.69, 9.17) is 4.74 Å². The van der Waals surface area contributed by atoms with Crippen LogP contribution in [0.2, 0.25) is 0 Å². The van der Waals surface area contributed by atoms with Crippen molar-refractivity contribution in [3.8, 4) is 5.69 Å². The fourth-order valence-electron chi connectivity index (χ4n) is 2.51. The lowest BCUT2D eigenvalue weighted by Gasteiger charge is -2.15. The summed E-state index contributed by atoms with van der Waals surface area (Å²) in [5.74, 6) is -0.587. The molecule has 0 N–H and O–H groups in total. The molecule has 1 aliphatic heterocycles. The largest absolute Gasteiger partial charge is 0.461 e. The molecule has 1 aliphatic rings. The van der Waals surface area contributed by atoms with Crippen molar-refractivity contribution in [1.29, 1.82) is 0 Å². The number of ether oxygens (including phenoxy) is 1. The molecule has 0 saturated carbocycles. The summed E-state index contributed by atoms with van der Waals surface area (Å²) >= 11 is 3.42. The third kappa shape index (κ3) is 2.21. The Balaban J connectivity index is 2.22. The molecular formula is C15H14BrN3O3. The molecule has 0 unspecified atom stereocenters. The fraction of sp³-hybridized carbons (Fsp3) is 0.267. The van der Waals surface area contributed by atoms with Gasteiger partial charge in [0.2, 0.25) is 0 Å². The second kappa shape index (κ2) is 5.57. The van der Waals surface area contributed by atoms with Gasteiger partial charge in [0.05, 0.1) is 30.1 Å². The van der Waals surface area contributed by atoms with Crippen LogP contribution in [-0.2, 0) is 11.3 Å². The van der Waals surface area contributed by atoms with Gasteiger partial charge in [-0.2, -0.15) is 0 Å². The van der Waals surface area contributed by atoms with Crippen molar-refractivity contribution < 1.29 is 14.3 Å². The van der Waals surface area contributed by atoms with E-state index >= 15 is 0 Å². The zero-order valence-electron chi connectivity index (χ0n) is 12.2. The van der Waals surface area contributed by atoms with Crippen LogP contribution in [0, 0.1) is 0 Å². The van der Waals surface area contributed by atoms with Crippen LogP contribution in [0.1, 0.15) is 33.5 Å². The molecule has 0 spiro atoms. The van der Waals surface area contributed by atoms with Crippen LogP contribution in [0.4, 0.5) is 0 Å². The lowest BCUT2D eigenvalue weighted by molar-refractivity contribution is 0.0516. The number of aromatic nitrogens is 2. The number of carbonyl (C=O) groups excluding carboxylic acids is 2. The van der Waals surface area contributed by atoms with E-state index in [2.05, 4.69) is 20.9 Å². The fourth-order valence-corrected chi connectivity index (χ4v) is 3.04. The van der Waals surface area contributed by atoms with Gasteiger partial charge in [-0.05, 0) is 35.0 Å². The summed E-state index contributed by atoms with van der Waals surface area (Å²) in [5.41, 5.74) is 2.14. The van der Waals surface area contributed by atoms with Crippen LogP contribution in [0.3, 0.4) is 0 Å². The first-order valence-electron chi connectivity index (χ1n) is 6.82. The molecule has 114 valence electrons. The summed E-state index contributed by atoms with van der Waals surface area (Å²) in [5, 5.41) is 0. The Morgan fingerprint density at radius 2 is 2.23 bits per heavy atom. The first kappa shape index (κ1) is 14.8. The number of halogens is 1. The molecule has 0 fully saturated rings. The van der Waals surface area contributed by atoms with Crippen molar-refractivity contribution in [2.45, 2.75) is 13.5 Å². The van der Waals surface area contributed by atoms with Gasteiger partial charge in [-0.3, -0.25) is 9.36 Å². The van der Waals surface area contributed by atoms with Gasteiger partial charge in [-0.25, -0.2) is 9.78 Å². The molecule has 0 atom stereocenters. The summed E-state index contributed by atoms with van der Waals surface area (Å²) in [7, 11) is 1.70. The number of hydrogen-bond donors (Lipinski definition) is 0. The van der Waals surface area contributed by atoms with Crippen LogP contribution in [0.15, 0.2) is 29.0 Å². The molecule has 22 heavy (non-hydrogen) atoms. The minimum Gasteiger partial charge on any atom is -0.461 e. The van der Waals surface area contributed by atoms with Crippen molar-refractivity contribution in [3.63, 3.8) is 0 Å². The van der Waals surface area contributed by atoms with E-state index in [9.17, 15) is 9.59 Å². The van der Waals surface area contributed by atoms with Crippen molar-refractivity contribution in [2.75, 3.05) is 13.7 Å². The maximum Gasteiger partial charge on any atom is 0.358 e. The molecule has 0 saturated heterocycles. The molecule has 2 heterocycles. The van der Waals surface area contributed by atoms with E-state index in [0.29, 0.717) is 21.4 Å². The number of fused-ring (bicyclic) bond motifs is 3. The number of hydrogen-bond acceptors (Lipinski definition) is 4. The van der Waals surface area contributed by atoms with Gasteiger partial charge in [-0.1, -0.05) is 6.07 Å². The van der Waals surface area contributed by atoms with E-state index in [1.165, 1.54) is 0 Å². The molecule has 0 bridgehead atoms.